The maximum atomic E-state index is 5.56. The molecule has 1 heterocycles. The minimum absolute atomic E-state index is 0.284. The Balaban J connectivity index is 2.16. The Bertz CT molecular complexity index is 422. The molecular weight excluding hydrogens is 256 g/mol. The summed E-state index contributed by atoms with van der Waals surface area (Å²) in [7, 11) is 1.76. The standard InChI is InChI=1S/C15H26N2OS/c1-10(2)8-12-13(9-16-11-6-7-11)19-14(17-12)15(3,4)18-5/h10-11,16H,6-9H2,1-5H3. The molecule has 1 aliphatic rings. The number of hydrogen-bond acceptors (Lipinski definition) is 4. The van der Waals surface area contributed by atoms with Crippen LogP contribution in [0.25, 0.3) is 0 Å². The van der Waals surface area contributed by atoms with Gasteiger partial charge in [0.25, 0.3) is 0 Å². The molecular formula is C15H26N2OS. The van der Waals surface area contributed by atoms with Gasteiger partial charge < -0.3 is 10.1 Å². The van der Waals surface area contributed by atoms with E-state index in [0.29, 0.717) is 5.92 Å². The fourth-order valence-corrected chi connectivity index (χ4v) is 3.06. The highest BCUT2D eigenvalue weighted by atomic mass is 32.1. The van der Waals surface area contributed by atoms with Gasteiger partial charge in [0.05, 0.1) is 5.69 Å². The molecule has 1 fully saturated rings. The molecule has 0 bridgehead atoms. The molecule has 1 N–H and O–H groups in total. The monoisotopic (exact) mass is 282 g/mol. The van der Waals surface area contributed by atoms with Gasteiger partial charge >= 0.3 is 0 Å². The van der Waals surface area contributed by atoms with E-state index in [9.17, 15) is 0 Å². The number of ether oxygens (including phenoxy) is 1. The zero-order chi connectivity index (χ0) is 14.0. The van der Waals surface area contributed by atoms with Crippen molar-refractivity contribution < 1.29 is 4.74 Å². The average Bonchev–Trinajstić information content (AvgIpc) is 3.08. The van der Waals surface area contributed by atoms with Crippen LogP contribution in [0.5, 0.6) is 0 Å². The number of aromatic nitrogens is 1. The third-order valence-corrected chi connectivity index (χ3v) is 4.94. The Morgan fingerprint density at radius 1 is 1.42 bits per heavy atom. The van der Waals surface area contributed by atoms with Crippen molar-refractivity contribution in [3.63, 3.8) is 0 Å². The van der Waals surface area contributed by atoms with E-state index in [4.69, 9.17) is 9.72 Å². The van der Waals surface area contributed by atoms with Crippen LogP contribution in [-0.4, -0.2) is 18.1 Å². The molecule has 2 rings (SSSR count). The summed E-state index contributed by atoms with van der Waals surface area (Å²) in [4.78, 5) is 6.23. The first-order valence-corrected chi connectivity index (χ1v) is 8.01. The first kappa shape index (κ1) is 14.9. The quantitative estimate of drug-likeness (QED) is 0.831. The van der Waals surface area contributed by atoms with Gasteiger partial charge in [-0.25, -0.2) is 4.98 Å². The van der Waals surface area contributed by atoms with Gasteiger partial charge in [-0.2, -0.15) is 0 Å². The normalized spacial score (nSPS) is 16.3. The molecule has 1 aromatic rings. The third-order valence-electron chi connectivity index (χ3n) is 3.53. The van der Waals surface area contributed by atoms with Gasteiger partial charge in [0.2, 0.25) is 0 Å². The van der Waals surface area contributed by atoms with E-state index in [1.165, 1.54) is 23.4 Å². The van der Waals surface area contributed by atoms with Crippen LogP contribution in [-0.2, 0) is 23.3 Å². The molecule has 0 unspecified atom stereocenters. The van der Waals surface area contributed by atoms with Crippen molar-refractivity contribution in [2.45, 2.75) is 65.1 Å². The summed E-state index contributed by atoms with van der Waals surface area (Å²) >= 11 is 1.80. The number of methoxy groups -OCH3 is 1. The van der Waals surface area contributed by atoms with Crippen molar-refractivity contribution >= 4 is 11.3 Å². The summed E-state index contributed by atoms with van der Waals surface area (Å²) in [5.41, 5.74) is 0.974. The lowest BCUT2D eigenvalue weighted by Gasteiger charge is -2.19. The van der Waals surface area contributed by atoms with Gasteiger partial charge in [-0.1, -0.05) is 13.8 Å². The Kier molecular flexibility index (Phi) is 4.64. The smallest absolute Gasteiger partial charge is 0.125 e. The number of rotatable bonds is 7. The second kappa shape index (κ2) is 5.90. The molecule has 4 heteroatoms. The lowest BCUT2D eigenvalue weighted by atomic mass is 10.1. The first-order valence-electron chi connectivity index (χ1n) is 7.20. The SMILES string of the molecule is COC(C)(C)c1nc(CC(C)C)c(CNC2CC2)s1. The molecule has 0 amide bonds. The number of hydrogen-bond donors (Lipinski definition) is 1. The van der Waals surface area contributed by atoms with Crippen molar-refractivity contribution in [2.75, 3.05) is 7.11 Å². The van der Waals surface area contributed by atoms with Gasteiger partial charge in [-0.15, -0.1) is 11.3 Å². The Morgan fingerprint density at radius 2 is 2.11 bits per heavy atom. The number of thiazole rings is 1. The lowest BCUT2D eigenvalue weighted by Crippen LogP contribution is -2.19. The Hall–Kier alpha value is -0.450. The highest BCUT2D eigenvalue weighted by molar-refractivity contribution is 7.11. The van der Waals surface area contributed by atoms with Crippen LogP contribution in [0, 0.1) is 5.92 Å². The minimum atomic E-state index is -0.284. The Morgan fingerprint density at radius 3 is 2.63 bits per heavy atom. The van der Waals surface area contributed by atoms with Crippen molar-refractivity contribution in [3.05, 3.63) is 15.6 Å². The molecule has 0 spiro atoms. The molecule has 1 aromatic heterocycles. The summed E-state index contributed by atoms with van der Waals surface area (Å²) in [6, 6.07) is 0.743. The van der Waals surface area contributed by atoms with Gasteiger partial charge in [0.15, 0.2) is 0 Å². The summed E-state index contributed by atoms with van der Waals surface area (Å²) < 4.78 is 5.56. The summed E-state index contributed by atoms with van der Waals surface area (Å²) in [5.74, 6) is 0.639. The number of nitrogens with zero attached hydrogens (tertiary/aromatic N) is 1. The predicted molar refractivity (Wildman–Crippen MR) is 80.6 cm³/mol. The van der Waals surface area contributed by atoms with E-state index >= 15 is 0 Å². The minimum Gasteiger partial charge on any atom is -0.372 e. The third kappa shape index (κ3) is 4.01. The second-order valence-corrected chi connectivity index (χ2v) is 7.44. The molecule has 0 aromatic carbocycles. The second-order valence-electron chi connectivity index (χ2n) is 6.36. The van der Waals surface area contributed by atoms with E-state index in [-0.39, 0.29) is 5.60 Å². The Labute approximate surface area is 120 Å². The zero-order valence-corrected chi connectivity index (χ0v) is 13.6. The highest BCUT2D eigenvalue weighted by Gasteiger charge is 2.27. The van der Waals surface area contributed by atoms with E-state index in [0.717, 1.165) is 24.0 Å². The first-order chi connectivity index (χ1) is 8.92. The maximum absolute atomic E-state index is 5.56. The van der Waals surface area contributed by atoms with Crippen LogP contribution in [0.3, 0.4) is 0 Å². The molecule has 108 valence electrons. The van der Waals surface area contributed by atoms with Crippen LogP contribution in [0.15, 0.2) is 0 Å². The van der Waals surface area contributed by atoms with E-state index in [1.54, 1.807) is 18.4 Å². The zero-order valence-electron chi connectivity index (χ0n) is 12.7. The highest BCUT2D eigenvalue weighted by Crippen LogP contribution is 2.32. The average molecular weight is 282 g/mol. The summed E-state index contributed by atoms with van der Waals surface area (Å²) in [5, 5.41) is 4.69. The maximum Gasteiger partial charge on any atom is 0.125 e. The van der Waals surface area contributed by atoms with E-state index < -0.39 is 0 Å². The van der Waals surface area contributed by atoms with Crippen LogP contribution >= 0.6 is 11.3 Å². The summed E-state index contributed by atoms with van der Waals surface area (Å²) in [6.07, 6.45) is 3.71. The van der Waals surface area contributed by atoms with Crippen molar-refractivity contribution in [3.8, 4) is 0 Å². The van der Waals surface area contributed by atoms with E-state index in [2.05, 4.69) is 33.0 Å². The molecule has 1 aliphatic carbocycles. The fourth-order valence-electron chi connectivity index (χ4n) is 1.94. The van der Waals surface area contributed by atoms with Crippen molar-refractivity contribution in [1.29, 1.82) is 0 Å². The van der Waals surface area contributed by atoms with Gasteiger partial charge in [0, 0.05) is 24.6 Å². The largest absolute Gasteiger partial charge is 0.372 e. The number of nitrogens with one attached hydrogen (secondary N) is 1. The van der Waals surface area contributed by atoms with Crippen molar-refractivity contribution in [1.82, 2.24) is 10.3 Å². The molecule has 19 heavy (non-hydrogen) atoms. The van der Waals surface area contributed by atoms with E-state index in [1.807, 2.05) is 0 Å². The van der Waals surface area contributed by atoms with Crippen LogP contribution in [0.2, 0.25) is 0 Å². The molecule has 0 radical (unpaired) electrons. The molecule has 0 aliphatic heterocycles. The molecule has 3 nitrogen and oxygen atoms in total. The van der Waals surface area contributed by atoms with Crippen molar-refractivity contribution in [2.24, 2.45) is 5.92 Å². The van der Waals surface area contributed by atoms with Crippen LogP contribution < -0.4 is 5.32 Å². The molecule has 0 atom stereocenters. The van der Waals surface area contributed by atoms with Crippen LogP contribution in [0.1, 0.15) is 56.1 Å². The molecule has 1 saturated carbocycles. The van der Waals surface area contributed by atoms with Gasteiger partial charge in [-0.3, -0.25) is 0 Å². The lowest BCUT2D eigenvalue weighted by molar-refractivity contribution is 0.0189. The van der Waals surface area contributed by atoms with Gasteiger partial charge in [-0.05, 0) is 39.0 Å². The predicted octanol–water partition coefficient (Wildman–Crippen LogP) is 3.48. The van der Waals surface area contributed by atoms with Crippen LogP contribution in [0.4, 0.5) is 0 Å². The summed E-state index contributed by atoms with van der Waals surface area (Å²) in [6.45, 7) is 9.63. The van der Waals surface area contributed by atoms with Gasteiger partial charge in [0.1, 0.15) is 10.6 Å². The molecule has 0 saturated heterocycles. The fraction of sp³-hybridized carbons (Fsp3) is 0.800. The topological polar surface area (TPSA) is 34.1 Å².